The number of benzene rings is 1. The number of aromatic nitrogens is 1. The first kappa shape index (κ1) is 15.0. The number of hydrogen-bond donors (Lipinski definition) is 1. The highest BCUT2D eigenvalue weighted by molar-refractivity contribution is 5.92. The lowest BCUT2D eigenvalue weighted by atomic mass is 10.2. The second-order valence-electron chi connectivity index (χ2n) is 4.38. The van der Waals surface area contributed by atoms with Crippen molar-refractivity contribution in [1.82, 2.24) is 10.3 Å². The first-order chi connectivity index (χ1) is 10.3. The van der Waals surface area contributed by atoms with Crippen molar-refractivity contribution >= 4 is 5.91 Å². The summed E-state index contributed by atoms with van der Waals surface area (Å²) < 4.78 is 10.4. The highest BCUT2D eigenvalue weighted by atomic mass is 16.5. The smallest absolute Gasteiger partial charge is 0.270 e. The normalized spacial score (nSPS) is 10.1. The third-order valence-electron chi connectivity index (χ3n) is 2.83. The molecule has 1 heterocycles. The van der Waals surface area contributed by atoms with E-state index in [1.54, 1.807) is 31.5 Å². The van der Waals surface area contributed by atoms with Crippen molar-refractivity contribution in [2.45, 2.75) is 6.54 Å². The molecule has 0 radical (unpaired) electrons. The summed E-state index contributed by atoms with van der Waals surface area (Å²) in [6, 6.07) is 12.8. The lowest BCUT2D eigenvalue weighted by molar-refractivity contribution is 0.0946. The van der Waals surface area contributed by atoms with Gasteiger partial charge in [0, 0.05) is 19.9 Å². The molecule has 0 aliphatic heterocycles. The first-order valence-corrected chi connectivity index (χ1v) is 6.69. The van der Waals surface area contributed by atoms with Gasteiger partial charge in [0.1, 0.15) is 18.1 Å². The molecule has 2 rings (SSSR count). The number of carbonyl (C=O) groups excluding carboxylic acids is 1. The number of hydrogen-bond acceptors (Lipinski definition) is 4. The molecule has 1 aromatic carbocycles. The molecule has 0 saturated heterocycles. The van der Waals surface area contributed by atoms with E-state index in [1.165, 1.54) is 0 Å². The largest absolute Gasteiger partial charge is 0.491 e. The molecule has 0 aliphatic rings. The molecule has 0 fully saturated rings. The number of nitrogens with one attached hydrogen (secondary N) is 1. The van der Waals surface area contributed by atoms with Crippen LogP contribution in [-0.4, -0.2) is 31.2 Å². The predicted octanol–water partition coefficient (Wildman–Crippen LogP) is 2.04. The Bertz CT molecular complexity index is 555. The summed E-state index contributed by atoms with van der Waals surface area (Å²) in [7, 11) is 1.64. The van der Waals surface area contributed by atoms with Crippen LogP contribution in [0.15, 0.2) is 48.7 Å². The van der Waals surface area contributed by atoms with Gasteiger partial charge in [-0.25, -0.2) is 0 Å². The van der Waals surface area contributed by atoms with E-state index in [0.717, 1.165) is 11.3 Å². The fraction of sp³-hybridized carbons (Fsp3) is 0.250. The average Bonchev–Trinajstić information content (AvgIpc) is 2.55. The molecule has 5 heteroatoms. The van der Waals surface area contributed by atoms with E-state index in [0.29, 0.717) is 25.5 Å². The monoisotopic (exact) mass is 286 g/mol. The molecule has 0 unspecified atom stereocenters. The van der Waals surface area contributed by atoms with E-state index >= 15 is 0 Å². The minimum absolute atomic E-state index is 0.184. The Morgan fingerprint density at radius 3 is 2.62 bits per heavy atom. The minimum Gasteiger partial charge on any atom is -0.491 e. The molecule has 2 aromatic rings. The van der Waals surface area contributed by atoms with Crippen LogP contribution in [0.1, 0.15) is 16.1 Å². The fourth-order valence-corrected chi connectivity index (χ4v) is 1.72. The maximum atomic E-state index is 11.8. The first-order valence-electron chi connectivity index (χ1n) is 6.69. The summed E-state index contributed by atoms with van der Waals surface area (Å²) >= 11 is 0. The lowest BCUT2D eigenvalue weighted by Crippen LogP contribution is -2.23. The van der Waals surface area contributed by atoms with E-state index in [2.05, 4.69) is 10.3 Å². The van der Waals surface area contributed by atoms with E-state index < -0.39 is 0 Å². The summed E-state index contributed by atoms with van der Waals surface area (Å²) in [5.41, 5.74) is 1.41. The van der Waals surface area contributed by atoms with E-state index in [9.17, 15) is 4.79 Å². The Kier molecular flexibility index (Phi) is 5.72. The Balaban J connectivity index is 1.82. The van der Waals surface area contributed by atoms with Crippen molar-refractivity contribution in [3.05, 3.63) is 59.9 Å². The van der Waals surface area contributed by atoms with Gasteiger partial charge in [0.2, 0.25) is 0 Å². The molecule has 0 saturated carbocycles. The van der Waals surface area contributed by atoms with Gasteiger partial charge in [0.15, 0.2) is 0 Å². The Hall–Kier alpha value is -2.40. The summed E-state index contributed by atoms with van der Waals surface area (Å²) in [6.45, 7) is 1.53. The number of ether oxygens (including phenoxy) is 2. The van der Waals surface area contributed by atoms with Gasteiger partial charge in [-0.1, -0.05) is 18.2 Å². The van der Waals surface area contributed by atoms with Crippen LogP contribution < -0.4 is 10.1 Å². The average molecular weight is 286 g/mol. The lowest BCUT2D eigenvalue weighted by Gasteiger charge is -2.07. The maximum absolute atomic E-state index is 11.8. The van der Waals surface area contributed by atoms with Gasteiger partial charge < -0.3 is 14.8 Å². The third kappa shape index (κ3) is 4.89. The van der Waals surface area contributed by atoms with Gasteiger partial charge in [-0.05, 0) is 29.8 Å². The van der Waals surface area contributed by atoms with E-state index in [-0.39, 0.29) is 5.91 Å². The van der Waals surface area contributed by atoms with Gasteiger partial charge >= 0.3 is 0 Å². The van der Waals surface area contributed by atoms with E-state index in [1.807, 2.05) is 24.3 Å². The van der Waals surface area contributed by atoms with Crippen LogP contribution in [0, 0.1) is 0 Å². The third-order valence-corrected chi connectivity index (χ3v) is 2.83. The molecule has 5 nitrogen and oxygen atoms in total. The zero-order valence-corrected chi connectivity index (χ0v) is 11.9. The second kappa shape index (κ2) is 8.01. The van der Waals surface area contributed by atoms with Crippen LogP contribution >= 0.6 is 0 Å². The minimum atomic E-state index is -0.184. The van der Waals surface area contributed by atoms with Crippen LogP contribution in [0.3, 0.4) is 0 Å². The summed E-state index contributed by atoms with van der Waals surface area (Å²) in [4.78, 5) is 15.9. The standard InChI is InChI=1S/C16H18N2O3/c1-20-10-11-21-14-7-5-13(6-8-14)12-18-16(19)15-4-2-3-9-17-15/h2-9H,10-12H2,1H3,(H,18,19). The number of rotatable bonds is 7. The molecule has 0 spiro atoms. The van der Waals surface area contributed by atoms with Crippen LogP contribution in [-0.2, 0) is 11.3 Å². The number of pyridine rings is 1. The van der Waals surface area contributed by atoms with Gasteiger partial charge in [0.05, 0.1) is 6.61 Å². The summed E-state index contributed by atoms with van der Waals surface area (Å²) in [5, 5.41) is 2.82. The number of methoxy groups -OCH3 is 1. The quantitative estimate of drug-likeness (QED) is 0.791. The fourth-order valence-electron chi connectivity index (χ4n) is 1.72. The van der Waals surface area contributed by atoms with Crippen molar-refractivity contribution < 1.29 is 14.3 Å². The maximum Gasteiger partial charge on any atom is 0.270 e. The van der Waals surface area contributed by atoms with E-state index in [4.69, 9.17) is 9.47 Å². The molecule has 0 aliphatic carbocycles. The van der Waals surface area contributed by atoms with Crippen molar-refractivity contribution in [2.24, 2.45) is 0 Å². The SMILES string of the molecule is COCCOc1ccc(CNC(=O)c2ccccn2)cc1. The highest BCUT2D eigenvalue weighted by Crippen LogP contribution is 2.12. The second-order valence-corrected chi connectivity index (χ2v) is 4.38. The van der Waals surface area contributed by atoms with Crippen LogP contribution in [0.25, 0.3) is 0 Å². The van der Waals surface area contributed by atoms with Crippen LogP contribution in [0.2, 0.25) is 0 Å². The molecular weight excluding hydrogens is 268 g/mol. The van der Waals surface area contributed by atoms with Gasteiger partial charge in [-0.3, -0.25) is 9.78 Å². The zero-order valence-electron chi connectivity index (χ0n) is 11.9. The molecular formula is C16H18N2O3. The molecule has 21 heavy (non-hydrogen) atoms. The molecule has 0 atom stereocenters. The molecule has 1 aromatic heterocycles. The van der Waals surface area contributed by atoms with Gasteiger partial charge in [-0.2, -0.15) is 0 Å². The van der Waals surface area contributed by atoms with Crippen LogP contribution in [0.4, 0.5) is 0 Å². The predicted molar refractivity (Wildman–Crippen MR) is 79.2 cm³/mol. The van der Waals surface area contributed by atoms with Gasteiger partial charge in [0.25, 0.3) is 5.91 Å². The topological polar surface area (TPSA) is 60.5 Å². The zero-order chi connectivity index (χ0) is 14.9. The molecule has 1 amide bonds. The Labute approximate surface area is 123 Å². The molecule has 0 bridgehead atoms. The highest BCUT2D eigenvalue weighted by Gasteiger charge is 2.05. The Morgan fingerprint density at radius 1 is 1.14 bits per heavy atom. The number of amides is 1. The Morgan fingerprint density at radius 2 is 1.95 bits per heavy atom. The van der Waals surface area contributed by atoms with Crippen molar-refractivity contribution in [1.29, 1.82) is 0 Å². The van der Waals surface area contributed by atoms with Gasteiger partial charge in [-0.15, -0.1) is 0 Å². The van der Waals surface area contributed by atoms with Crippen molar-refractivity contribution in [2.75, 3.05) is 20.3 Å². The van der Waals surface area contributed by atoms with Crippen molar-refractivity contribution in [3.63, 3.8) is 0 Å². The number of nitrogens with zero attached hydrogens (tertiary/aromatic N) is 1. The summed E-state index contributed by atoms with van der Waals surface area (Å²) in [5.74, 6) is 0.600. The number of carbonyl (C=O) groups is 1. The summed E-state index contributed by atoms with van der Waals surface area (Å²) in [6.07, 6.45) is 1.60. The molecule has 1 N–H and O–H groups in total. The van der Waals surface area contributed by atoms with Crippen molar-refractivity contribution in [3.8, 4) is 5.75 Å². The van der Waals surface area contributed by atoms with Crippen LogP contribution in [0.5, 0.6) is 5.75 Å². The molecule has 110 valence electrons.